The summed E-state index contributed by atoms with van der Waals surface area (Å²) < 4.78 is 37.7. The molecule has 3 rings (SSSR count). The predicted octanol–water partition coefficient (Wildman–Crippen LogP) is 3.46. The van der Waals surface area contributed by atoms with Crippen molar-refractivity contribution in [2.45, 2.75) is 39.8 Å². The lowest BCUT2D eigenvalue weighted by atomic mass is 10.1. The number of hydrogen-bond donors (Lipinski definition) is 1. The van der Waals surface area contributed by atoms with Crippen molar-refractivity contribution in [2.75, 3.05) is 36.9 Å². The van der Waals surface area contributed by atoms with Gasteiger partial charge in [-0.3, -0.25) is 13.9 Å². The standard InChI is InChI=1S/C26H34ClN3O6S/c1-5-22(26(32)28-15-18(2)3)29(16-19-6-8-20(27)9-7-19)25(31)17-30(37(4,33)34)21-10-11-23-24(14-21)36-13-12-35-23/h6-11,14,18,22H,5,12-13,15-17H2,1-4H3,(H,28,32)/t22-/m1/s1. The number of rotatable bonds is 11. The lowest BCUT2D eigenvalue weighted by Gasteiger charge is -2.33. The van der Waals surface area contributed by atoms with Crippen LogP contribution in [0, 0.1) is 5.92 Å². The molecule has 0 fully saturated rings. The average molecular weight is 552 g/mol. The summed E-state index contributed by atoms with van der Waals surface area (Å²) in [5.41, 5.74) is 1.03. The quantitative estimate of drug-likeness (QED) is 0.458. The summed E-state index contributed by atoms with van der Waals surface area (Å²) in [6.07, 6.45) is 1.39. The van der Waals surface area contributed by atoms with Crippen molar-refractivity contribution in [3.8, 4) is 11.5 Å². The lowest BCUT2D eigenvalue weighted by molar-refractivity contribution is -0.140. The number of hydrogen-bond acceptors (Lipinski definition) is 6. The highest BCUT2D eigenvalue weighted by atomic mass is 35.5. The highest BCUT2D eigenvalue weighted by Crippen LogP contribution is 2.34. The zero-order valence-corrected chi connectivity index (χ0v) is 23.1. The van der Waals surface area contributed by atoms with Crippen molar-refractivity contribution in [1.29, 1.82) is 0 Å². The van der Waals surface area contributed by atoms with Crippen LogP contribution in [0.1, 0.15) is 32.8 Å². The number of anilines is 1. The van der Waals surface area contributed by atoms with Crippen LogP contribution in [0.2, 0.25) is 5.02 Å². The van der Waals surface area contributed by atoms with Crippen LogP contribution in [-0.2, 0) is 26.2 Å². The molecule has 1 N–H and O–H groups in total. The van der Waals surface area contributed by atoms with Crippen LogP contribution < -0.4 is 19.1 Å². The van der Waals surface area contributed by atoms with Crippen molar-refractivity contribution in [1.82, 2.24) is 10.2 Å². The van der Waals surface area contributed by atoms with Gasteiger partial charge in [0, 0.05) is 24.2 Å². The Morgan fingerprint density at radius 3 is 2.30 bits per heavy atom. The smallest absolute Gasteiger partial charge is 0.244 e. The molecule has 1 aliphatic rings. The van der Waals surface area contributed by atoms with Gasteiger partial charge in [0.1, 0.15) is 25.8 Å². The maximum atomic E-state index is 13.7. The van der Waals surface area contributed by atoms with Crippen LogP contribution in [0.5, 0.6) is 11.5 Å². The molecule has 0 aromatic heterocycles. The van der Waals surface area contributed by atoms with E-state index in [0.29, 0.717) is 42.7 Å². The number of benzene rings is 2. The van der Waals surface area contributed by atoms with E-state index in [2.05, 4.69) is 5.32 Å². The Hall–Kier alpha value is -2.98. The normalized spacial score (nSPS) is 13.7. The van der Waals surface area contributed by atoms with Gasteiger partial charge in [-0.25, -0.2) is 8.42 Å². The molecule has 1 heterocycles. The summed E-state index contributed by atoms with van der Waals surface area (Å²) in [5, 5.41) is 3.44. The third-order valence-corrected chi connectivity index (χ3v) is 7.22. The van der Waals surface area contributed by atoms with Crippen molar-refractivity contribution in [3.63, 3.8) is 0 Å². The van der Waals surface area contributed by atoms with Crippen LogP contribution in [0.15, 0.2) is 42.5 Å². The van der Waals surface area contributed by atoms with E-state index in [1.54, 1.807) is 42.5 Å². The first-order valence-electron chi connectivity index (χ1n) is 12.2. The minimum atomic E-state index is -3.85. The topological polar surface area (TPSA) is 105 Å². The molecule has 0 unspecified atom stereocenters. The number of carbonyl (C=O) groups is 2. The van der Waals surface area contributed by atoms with Crippen molar-refractivity contribution >= 4 is 39.1 Å². The summed E-state index contributed by atoms with van der Waals surface area (Å²) in [6.45, 7) is 6.61. The Morgan fingerprint density at radius 1 is 1.05 bits per heavy atom. The number of nitrogens with zero attached hydrogens (tertiary/aromatic N) is 2. The molecule has 1 aliphatic heterocycles. The second-order valence-electron chi connectivity index (χ2n) is 9.31. The minimum absolute atomic E-state index is 0.113. The maximum Gasteiger partial charge on any atom is 0.244 e. The molecule has 2 aromatic rings. The monoisotopic (exact) mass is 551 g/mol. The van der Waals surface area contributed by atoms with Gasteiger partial charge in [-0.05, 0) is 42.2 Å². The predicted molar refractivity (Wildman–Crippen MR) is 144 cm³/mol. The number of sulfonamides is 1. The van der Waals surface area contributed by atoms with E-state index < -0.39 is 28.5 Å². The van der Waals surface area contributed by atoms with E-state index in [4.69, 9.17) is 21.1 Å². The molecular weight excluding hydrogens is 518 g/mol. The molecule has 37 heavy (non-hydrogen) atoms. The summed E-state index contributed by atoms with van der Waals surface area (Å²) in [5.74, 6) is 0.345. The van der Waals surface area contributed by atoms with Gasteiger partial charge >= 0.3 is 0 Å². The summed E-state index contributed by atoms with van der Waals surface area (Å²) in [4.78, 5) is 28.3. The van der Waals surface area contributed by atoms with Gasteiger partial charge < -0.3 is 19.7 Å². The van der Waals surface area contributed by atoms with E-state index in [9.17, 15) is 18.0 Å². The second-order valence-corrected chi connectivity index (χ2v) is 11.7. The Balaban J connectivity index is 1.93. The minimum Gasteiger partial charge on any atom is -0.486 e. The van der Waals surface area contributed by atoms with Gasteiger partial charge in [0.25, 0.3) is 0 Å². The molecule has 2 amide bonds. The van der Waals surface area contributed by atoms with E-state index in [-0.39, 0.29) is 24.1 Å². The number of fused-ring (bicyclic) bond motifs is 1. The Labute approximate surface area is 223 Å². The van der Waals surface area contributed by atoms with E-state index in [1.807, 2.05) is 20.8 Å². The molecule has 0 aliphatic carbocycles. The van der Waals surface area contributed by atoms with Gasteiger partial charge in [-0.2, -0.15) is 0 Å². The average Bonchev–Trinajstić information content (AvgIpc) is 2.86. The maximum absolute atomic E-state index is 13.7. The fraction of sp³-hybridized carbons (Fsp3) is 0.462. The van der Waals surface area contributed by atoms with Crippen molar-refractivity contribution in [3.05, 3.63) is 53.1 Å². The number of amides is 2. The molecule has 202 valence electrons. The molecular formula is C26H34ClN3O6S. The van der Waals surface area contributed by atoms with Crippen LogP contribution in [0.3, 0.4) is 0 Å². The summed E-state index contributed by atoms with van der Waals surface area (Å²) in [6, 6.07) is 10.9. The highest BCUT2D eigenvalue weighted by Gasteiger charge is 2.32. The number of carbonyl (C=O) groups excluding carboxylic acids is 2. The first kappa shape index (κ1) is 28.6. The fourth-order valence-corrected chi connectivity index (χ4v) is 4.90. The fourth-order valence-electron chi connectivity index (χ4n) is 3.93. The highest BCUT2D eigenvalue weighted by molar-refractivity contribution is 7.92. The largest absolute Gasteiger partial charge is 0.486 e. The molecule has 2 aromatic carbocycles. The Bertz CT molecular complexity index is 1200. The van der Waals surface area contributed by atoms with Crippen LogP contribution >= 0.6 is 11.6 Å². The first-order chi connectivity index (χ1) is 17.5. The zero-order valence-electron chi connectivity index (χ0n) is 21.6. The van der Waals surface area contributed by atoms with Gasteiger partial charge in [0.05, 0.1) is 11.9 Å². The van der Waals surface area contributed by atoms with Gasteiger partial charge in [-0.15, -0.1) is 0 Å². The van der Waals surface area contributed by atoms with Crippen LogP contribution in [0.25, 0.3) is 0 Å². The molecule has 0 saturated carbocycles. The summed E-state index contributed by atoms with van der Waals surface area (Å²) >= 11 is 6.02. The van der Waals surface area contributed by atoms with Crippen LogP contribution in [-0.4, -0.2) is 63.7 Å². The van der Waals surface area contributed by atoms with Crippen LogP contribution in [0.4, 0.5) is 5.69 Å². The molecule has 0 saturated heterocycles. The lowest BCUT2D eigenvalue weighted by Crippen LogP contribution is -2.52. The molecule has 0 bridgehead atoms. The third kappa shape index (κ3) is 7.75. The number of ether oxygens (including phenoxy) is 2. The molecule has 9 nitrogen and oxygen atoms in total. The molecule has 0 spiro atoms. The molecule has 1 atom stereocenters. The Morgan fingerprint density at radius 2 is 1.70 bits per heavy atom. The van der Waals surface area contributed by atoms with Crippen molar-refractivity contribution in [2.24, 2.45) is 5.92 Å². The number of halogens is 1. The van der Waals surface area contributed by atoms with Gasteiger partial charge in [0.15, 0.2) is 11.5 Å². The van der Waals surface area contributed by atoms with Crippen molar-refractivity contribution < 1.29 is 27.5 Å². The second kappa shape index (κ2) is 12.5. The molecule has 11 heteroatoms. The van der Waals surface area contributed by atoms with E-state index in [1.165, 1.54) is 4.90 Å². The zero-order chi connectivity index (χ0) is 27.2. The van der Waals surface area contributed by atoms with E-state index in [0.717, 1.165) is 16.1 Å². The Kier molecular flexibility index (Phi) is 9.67. The van der Waals surface area contributed by atoms with Gasteiger partial charge in [0.2, 0.25) is 21.8 Å². The summed E-state index contributed by atoms with van der Waals surface area (Å²) in [7, 11) is -3.85. The number of nitrogens with one attached hydrogen (secondary N) is 1. The first-order valence-corrected chi connectivity index (χ1v) is 14.4. The third-order valence-electron chi connectivity index (χ3n) is 5.83. The SMILES string of the molecule is CC[C@H](C(=O)NCC(C)C)N(Cc1ccc(Cl)cc1)C(=O)CN(c1ccc2c(c1)OCCO2)S(C)(=O)=O. The van der Waals surface area contributed by atoms with E-state index >= 15 is 0 Å². The van der Waals surface area contributed by atoms with Gasteiger partial charge in [-0.1, -0.05) is 44.5 Å². The molecule has 0 radical (unpaired) electrons.